The highest BCUT2D eigenvalue weighted by atomic mass is 19.2. The van der Waals surface area contributed by atoms with Crippen molar-refractivity contribution in [1.29, 1.82) is 0 Å². The summed E-state index contributed by atoms with van der Waals surface area (Å²) in [6.45, 7) is 5.96. The number of rotatable bonds is 3. The summed E-state index contributed by atoms with van der Waals surface area (Å²) in [4.78, 5) is 14.3. The Balaban J connectivity index is 1.65. The SMILES string of the molecule is CCOC1COC2(CCN(C(=O)c3cc(F)c(F)cc3C)CC2)C1. The van der Waals surface area contributed by atoms with Gasteiger partial charge in [0.25, 0.3) is 5.91 Å². The summed E-state index contributed by atoms with van der Waals surface area (Å²) >= 11 is 0. The summed E-state index contributed by atoms with van der Waals surface area (Å²) in [5.41, 5.74) is 0.469. The number of nitrogens with zero attached hydrogens (tertiary/aromatic N) is 1. The van der Waals surface area contributed by atoms with Crippen LogP contribution in [0.5, 0.6) is 0 Å². The van der Waals surface area contributed by atoms with Gasteiger partial charge in [-0.15, -0.1) is 0 Å². The van der Waals surface area contributed by atoms with Crippen molar-refractivity contribution in [3.8, 4) is 0 Å². The van der Waals surface area contributed by atoms with Crippen LogP contribution in [0.4, 0.5) is 8.78 Å². The lowest BCUT2D eigenvalue weighted by atomic mass is 9.87. The van der Waals surface area contributed by atoms with Crippen LogP contribution in [0, 0.1) is 18.6 Å². The van der Waals surface area contributed by atoms with Crippen LogP contribution in [0.3, 0.4) is 0 Å². The van der Waals surface area contributed by atoms with Crippen LogP contribution in [0.25, 0.3) is 0 Å². The van der Waals surface area contributed by atoms with E-state index in [1.165, 1.54) is 0 Å². The Bertz CT molecular complexity index is 627. The molecule has 2 saturated heterocycles. The molecule has 132 valence electrons. The van der Waals surface area contributed by atoms with E-state index < -0.39 is 11.6 Å². The maximum absolute atomic E-state index is 13.5. The van der Waals surface area contributed by atoms with Crippen LogP contribution in [0.2, 0.25) is 0 Å². The minimum atomic E-state index is -0.990. The monoisotopic (exact) mass is 339 g/mol. The van der Waals surface area contributed by atoms with Crippen LogP contribution in [0.1, 0.15) is 42.1 Å². The van der Waals surface area contributed by atoms with Crippen molar-refractivity contribution >= 4 is 5.91 Å². The normalized spacial score (nSPS) is 23.0. The topological polar surface area (TPSA) is 38.8 Å². The van der Waals surface area contributed by atoms with E-state index in [-0.39, 0.29) is 23.2 Å². The Morgan fingerprint density at radius 1 is 1.33 bits per heavy atom. The standard InChI is InChI=1S/C18H23F2NO3/c1-3-23-13-10-18(24-11-13)4-6-21(7-5-18)17(22)14-9-16(20)15(19)8-12(14)2/h8-9,13H,3-7,10-11H2,1-2H3. The third-order valence-corrected chi connectivity index (χ3v) is 5.04. The van der Waals surface area contributed by atoms with Gasteiger partial charge in [0.2, 0.25) is 0 Å². The van der Waals surface area contributed by atoms with Crippen LogP contribution >= 0.6 is 0 Å². The second kappa shape index (κ2) is 6.76. The van der Waals surface area contributed by atoms with Gasteiger partial charge in [0.05, 0.1) is 18.3 Å². The highest BCUT2D eigenvalue weighted by Gasteiger charge is 2.43. The first-order chi connectivity index (χ1) is 11.4. The highest BCUT2D eigenvalue weighted by Crippen LogP contribution is 2.37. The summed E-state index contributed by atoms with van der Waals surface area (Å²) < 4.78 is 38.3. The lowest BCUT2D eigenvalue weighted by Crippen LogP contribution is -2.46. The van der Waals surface area contributed by atoms with E-state index in [0.29, 0.717) is 31.9 Å². The van der Waals surface area contributed by atoms with Gasteiger partial charge in [0.1, 0.15) is 0 Å². The molecule has 0 aliphatic carbocycles. The van der Waals surface area contributed by atoms with E-state index in [0.717, 1.165) is 31.4 Å². The second-order valence-electron chi connectivity index (χ2n) is 6.65. The van der Waals surface area contributed by atoms with Crippen LogP contribution in [0.15, 0.2) is 12.1 Å². The zero-order valence-corrected chi connectivity index (χ0v) is 14.1. The first-order valence-corrected chi connectivity index (χ1v) is 8.44. The van der Waals surface area contributed by atoms with E-state index in [4.69, 9.17) is 9.47 Å². The number of hydrogen-bond acceptors (Lipinski definition) is 3. The fraction of sp³-hybridized carbons (Fsp3) is 0.611. The van der Waals surface area contributed by atoms with E-state index in [9.17, 15) is 13.6 Å². The molecule has 1 aromatic rings. The maximum Gasteiger partial charge on any atom is 0.254 e. The molecule has 1 atom stereocenters. The van der Waals surface area contributed by atoms with Crippen molar-refractivity contribution in [2.24, 2.45) is 0 Å². The van der Waals surface area contributed by atoms with Crippen molar-refractivity contribution in [2.75, 3.05) is 26.3 Å². The highest BCUT2D eigenvalue weighted by molar-refractivity contribution is 5.95. The number of piperidine rings is 1. The maximum atomic E-state index is 13.5. The summed E-state index contributed by atoms with van der Waals surface area (Å²) in [6, 6.07) is 2.06. The van der Waals surface area contributed by atoms with Gasteiger partial charge in [-0.25, -0.2) is 8.78 Å². The molecule has 2 fully saturated rings. The number of halogens is 2. The molecule has 0 saturated carbocycles. The van der Waals surface area contributed by atoms with Crippen LogP contribution in [-0.2, 0) is 9.47 Å². The first-order valence-electron chi connectivity index (χ1n) is 8.44. The molecule has 6 heteroatoms. The average Bonchev–Trinajstić information content (AvgIpc) is 2.94. The smallest absolute Gasteiger partial charge is 0.254 e. The number of hydrogen-bond donors (Lipinski definition) is 0. The Morgan fingerprint density at radius 3 is 2.67 bits per heavy atom. The minimum Gasteiger partial charge on any atom is -0.376 e. The molecule has 0 radical (unpaired) electrons. The van der Waals surface area contributed by atoms with Crippen molar-refractivity contribution in [1.82, 2.24) is 4.90 Å². The van der Waals surface area contributed by atoms with Gasteiger partial charge >= 0.3 is 0 Å². The third-order valence-electron chi connectivity index (χ3n) is 5.04. The summed E-state index contributed by atoms with van der Waals surface area (Å²) in [5, 5.41) is 0. The van der Waals surface area contributed by atoms with Crippen molar-refractivity contribution in [3.05, 3.63) is 34.9 Å². The molecule has 1 aromatic carbocycles. The fourth-order valence-electron chi connectivity index (χ4n) is 3.66. The van der Waals surface area contributed by atoms with Gasteiger partial charge in [-0.05, 0) is 44.4 Å². The molecule has 4 nitrogen and oxygen atoms in total. The second-order valence-corrected chi connectivity index (χ2v) is 6.65. The number of ether oxygens (including phenoxy) is 2. The number of likely N-dealkylation sites (tertiary alicyclic amines) is 1. The van der Waals surface area contributed by atoms with Gasteiger partial charge < -0.3 is 14.4 Å². The summed E-state index contributed by atoms with van der Waals surface area (Å²) in [6.07, 6.45) is 2.47. The minimum absolute atomic E-state index is 0.130. The number of amides is 1. The van der Waals surface area contributed by atoms with Gasteiger partial charge in [0.15, 0.2) is 11.6 Å². The quantitative estimate of drug-likeness (QED) is 0.849. The molecule has 1 unspecified atom stereocenters. The van der Waals surface area contributed by atoms with Gasteiger partial charge in [-0.2, -0.15) is 0 Å². The molecule has 2 heterocycles. The number of benzene rings is 1. The van der Waals surface area contributed by atoms with E-state index >= 15 is 0 Å². The van der Waals surface area contributed by atoms with Crippen LogP contribution in [-0.4, -0.2) is 48.8 Å². The predicted octanol–water partition coefficient (Wildman–Crippen LogP) is 3.07. The average molecular weight is 339 g/mol. The Hall–Kier alpha value is -1.53. The van der Waals surface area contributed by atoms with Crippen molar-refractivity contribution in [2.45, 2.75) is 44.8 Å². The molecule has 2 aliphatic rings. The number of carbonyl (C=O) groups excluding carboxylic acids is 1. The molecule has 3 rings (SSSR count). The lowest BCUT2D eigenvalue weighted by molar-refractivity contribution is -0.0407. The molecule has 1 spiro atoms. The Labute approximate surface area is 140 Å². The zero-order chi connectivity index (χ0) is 17.3. The van der Waals surface area contributed by atoms with E-state index in [2.05, 4.69) is 0 Å². The summed E-state index contributed by atoms with van der Waals surface area (Å²) in [5.74, 6) is -2.17. The zero-order valence-electron chi connectivity index (χ0n) is 14.1. The van der Waals surface area contributed by atoms with E-state index in [1.807, 2.05) is 6.92 Å². The third kappa shape index (κ3) is 3.30. The number of aryl methyl sites for hydroxylation is 1. The predicted molar refractivity (Wildman–Crippen MR) is 84.9 cm³/mol. The Morgan fingerprint density at radius 2 is 2.00 bits per heavy atom. The van der Waals surface area contributed by atoms with Gasteiger partial charge in [-0.3, -0.25) is 4.79 Å². The molecular formula is C18H23F2NO3. The summed E-state index contributed by atoms with van der Waals surface area (Å²) in [7, 11) is 0. The number of carbonyl (C=O) groups is 1. The Kier molecular flexibility index (Phi) is 4.88. The molecule has 24 heavy (non-hydrogen) atoms. The molecule has 1 amide bonds. The largest absolute Gasteiger partial charge is 0.376 e. The van der Waals surface area contributed by atoms with Crippen molar-refractivity contribution in [3.63, 3.8) is 0 Å². The van der Waals surface area contributed by atoms with Crippen LogP contribution < -0.4 is 0 Å². The molecule has 2 aliphatic heterocycles. The van der Waals surface area contributed by atoms with E-state index in [1.54, 1.807) is 11.8 Å². The molecule has 0 N–H and O–H groups in total. The molecular weight excluding hydrogens is 316 g/mol. The lowest BCUT2D eigenvalue weighted by Gasteiger charge is -2.38. The van der Waals surface area contributed by atoms with Gasteiger partial charge in [0, 0.05) is 31.7 Å². The van der Waals surface area contributed by atoms with Gasteiger partial charge in [-0.1, -0.05) is 0 Å². The fourth-order valence-corrected chi connectivity index (χ4v) is 3.66. The first kappa shape index (κ1) is 17.3. The molecule has 0 aromatic heterocycles. The molecule has 0 bridgehead atoms. The van der Waals surface area contributed by atoms with Crippen molar-refractivity contribution < 1.29 is 23.0 Å².